The van der Waals surface area contributed by atoms with Crippen LogP contribution in [0.5, 0.6) is 0 Å². The Bertz CT molecular complexity index is 713. The Balaban J connectivity index is 2.12. The number of rotatable bonds is 3. The summed E-state index contributed by atoms with van der Waals surface area (Å²) in [6.07, 6.45) is 1.12. The summed E-state index contributed by atoms with van der Waals surface area (Å²) in [6, 6.07) is 3.65. The van der Waals surface area contributed by atoms with Crippen LogP contribution in [0.1, 0.15) is 10.4 Å². The third-order valence-corrected chi connectivity index (χ3v) is 5.00. The number of piperazine rings is 1. The van der Waals surface area contributed by atoms with Gasteiger partial charge in [0.15, 0.2) is 0 Å². The van der Waals surface area contributed by atoms with E-state index < -0.39 is 14.9 Å². The Kier molecular flexibility index (Phi) is 4.69. The number of carbonyl (C=O) groups is 1. The topological polar surface area (TPSA) is 101 Å². The zero-order chi connectivity index (χ0) is 16.5. The Morgan fingerprint density at radius 2 is 1.86 bits per heavy atom. The third kappa shape index (κ3) is 3.54. The van der Waals surface area contributed by atoms with Crippen molar-refractivity contribution >= 4 is 33.2 Å². The van der Waals surface area contributed by atoms with Crippen molar-refractivity contribution in [3.05, 3.63) is 38.9 Å². The first-order chi connectivity index (χ1) is 10.2. The molecule has 22 heavy (non-hydrogen) atoms. The normalized spacial score (nSPS) is 16.5. The molecule has 1 aliphatic rings. The summed E-state index contributed by atoms with van der Waals surface area (Å²) in [7, 11) is -3.27. The minimum Gasteiger partial charge on any atom is -0.336 e. The molecule has 0 bridgehead atoms. The molecule has 1 aromatic rings. The molecule has 10 heteroatoms. The van der Waals surface area contributed by atoms with Gasteiger partial charge in [-0.3, -0.25) is 14.9 Å². The van der Waals surface area contributed by atoms with Crippen LogP contribution in [0, 0.1) is 10.1 Å². The quantitative estimate of drug-likeness (QED) is 0.599. The zero-order valence-electron chi connectivity index (χ0n) is 11.7. The molecule has 0 unspecified atom stereocenters. The number of non-ortho nitro benzene ring substituents is 1. The molecule has 1 fully saturated rings. The van der Waals surface area contributed by atoms with Crippen molar-refractivity contribution in [2.24, 2.45) is 0 Å². The summed E-state index contributed by atoms with van der Waals surface area (Å²) in [4.78, 5) is 23.9. The largest absolute Gasteiger partial charge is 0.336 e. The van der Waals surface area contributed by atoms with Crippen molar-refractivity contribution in [1.82, 2.24) is 9.21 Å². The first-order valence-electron chi connectivity index (χ1n) is 6.38. The maximum Gasteiger partial charge on any atom is 0.270 e. The van der Waals surface area contributed by atoms with Crippen LogP contribution in [-0.2, 0) is 10.0 Å². The second kappa shape index (κ2) is 6.19. The molecular formula is C12H14ClN3O5S. The predicted molar refractivity (Wildman–Crippen MR) is 80.4 cm³/mol. The summed E-state index contributed by atoms with van der Waals surface area (Å²) in [6.45, 7) is 0.933. The van der Waals surface area contributed by atoms with E-state index in [2.05, 4.69) is 0 Å². The van der Waals surface area contributed by atoms with Crippen molar-refractivity contribution in [2.75, 3.05) is 32.4 Å². The highest BCUT2D eigenvalue weighted by molar-refractivity contribution is 7.88. The lowest BCUT2D eigenvalue weighted by Gasteiger charge is -2.33. The highest BCUT2D eigenvalue weighted by Gasteiger charge is 2.27. The van der Waals surface area contributed by atoms with Gasteiger partial charge in [-0.25, -0.2) is 8.42 Å². The van der Waals surface area contributed by atoms with E-state index in [0.717, 1.165) is 12.3 Å². The van der Waals surface area contributed by atoms with E-state index in [4.69, 9.17) is 11.6 Å². The molecule has 0 saturated carbocycles. The lowest BCUT2D eigenvalue weighted by molar-refractivity contribution is -0.384. The molecule has 1 saturated heterocycles. The highest BCUT2D eigenvalue weighted by Crippen LogP contribution is 2.24. The lowest BCUT2D eigenvalue weighted by atomic mass is 10.1. The fraction of sp³-hybridized carbons (Fsp3) is 0.417. The maximum atomic E-state index is 12.4. The summed E-state index contributed by atoms with van der Waals surface area (Å²) in [5.74, 6) is -0.368. The molecule has 0 atom stereocenters. The first-order valence-corrected chi connectivity index (χ1v) is 8.61. The van der Waals surface area contributed by atoms with E-state index in [9.17, 15) is 23.3 Å². The summed E-state index contributed by atoms with van der Waals surface area (Å²) < 4.78 is 24.2. The third-order valence-electron chi connectivity index (χ3n) is 3.39. The van der Waals surface area contributed by atoms with Crippen LogP contribution >= 0.6 is 11.6 Å². The molecule has 8 nitrogen and oxygen atoms in total. The van der Waals surface area contributed by atoms with Crippen LogP contribution in [0.25, 0.3) is 0 Å². The molecule has 1 aromatic carbocycles. The van der Waals surface area contributed by atoms with Gasteiger partial charge in [0.1, 0.15) is 0 Å². The van der Waals surface area contributed by atoms with Crippen LogP contribution in [-0.4, -0.2) is 60.9 Å². The molecule has 0 spiro atoms. The number of benzene rings is 1. The van der Waals surface area contributed by atoms with E-state index in [1.54, 1.807) is 0 Å². The van der Waals surface area contributed by atoms with Crippen molar-refractivity contribution in [1.29, 1.82) is 0 Å². The average Bonchev–Trinajstić information content (AvgIpc) is 2.45. The van der Waals surface area contributed by atoms with E-state index in [-0.39, 0.29) is 48.4 Å². The molecule has 0 N–H and O–H groups in total. The summed E-state index contributed by atoms with van der Waals surface area (Å²) >= 11 is 5.93. The minimum atomic E-state index is -3.27. The van der Waals surface area contributed by atoms with Gasteiger partial charge in [0.05, 0.1) is 21.8 Å². The molecule has 1 aliphatic heterocycles. The van der Waals surface area contributed by atoms with Gasteiger partial charge >= 0.3 is 0 Å². The molecule has 1 heterocycles. The molecule has 0 aliphatic carbocycles. The van der Waals surface area contributed by atoms with E-state index in [1.165, 1.54) is 21.3 Å². The predicted octanol–water partition coefficient (Wildman–Crippen LogP) is 0.966. The van der Waals surface area contributed by atoms with Gasteiger partial charge in [0.25, 0.3) is 11.6 Å². The maximum absolute atomic E-state index is 12.4. The Morgan fingerprint density at radius 3 is 2.32 bits per heavy atom. The highest BCUT2D eigenvalue weighted by atomic mass is 35.5. The lowest BCUT2D eigenvalue weighted by Crippen LogP contribution is -2.50. The molecule has 0 aromatic heterocycles. The molecule has 120 valence electrons. The average molecular weight is 348 g/mol. The van der Waals surface area contributed by atoms with Gasteiger partial charge in [-0.2, -0.15) is 4.31 Å². The van der Waals surface area contributed by atoms with Crippen LogP contribution < -0.4 is 0 Å². The summed E-state index contributed by atoms with van der Waals surface area (Å²) in [5, 5.41) is 10.7. The molecule has 2 rings (SSSR count). The monoisotopic (exact) mass is 347 g/mol. The smallest absolute Gasteiger partial charge is 0.270 e. The van der Waals surface area contributed by atoms with Gasteiger partial charge in [-0.1, -0.05) is 11.6 Å². The SMILES string of the molecule is CS(=O)(=O)N1CCN(C(=O)c2ccc([N+](=O)[O-])cc2Cl)CC1. The van der Waals surface area contributed by atoms with E-state index in [0.29, 0.717) is 0 Å². The van der Waals surface area contributed by atoms with Gasteiger partial charge < -0.3 is 4.90 Å². The Labute approximate surface area is 132 Å². The zero-order valence-corrected chi connectivity index (χ0v) is 13.3. The van der Waals surface area contributed by atoms with E-state index in [1.807, 2.05) is 0 Å². The number of amides is 1. The first kappa shape index (κ1) is 16.7. The van der Waals surface area contributed by atoms with Crippen LogP contribution in [0.15, 0.2) is 18.2 Å². The molecular weight excluding hydrogens is 334 g/mol. The van der Waals surface area contributed by atoms with Gasteiger partial charge in [-0.15, -0.1) is 0 Å². The van der Waals surface area contributed by atoms with Crippen LogP contribution in [0.4, 0.5) is 5.69 Å². The van der Waals surface area contributed by atoms with Crippen LogP contribution in [0.2, 0.25) is 5.02 Å². The standard InChI is InChI=1S/C12H14ClN3O5S/c1-22(20,21)15-6-4-14(5-7-15)12(17)10-3-2-9(16(18)19)8-11(10)13/h2-3,8H,4-7H2,1H3. The molecule has 1 amide bonds. The number of carbonyl (C=O) groups excluding carboxylic acids is 1. The fourth-order valence-electron chi connectivity index (χ4n) is 2.18. The number of nitro benzene ring substituents is 1. The second-order valence-electron chi connectivity index (χ2n) is 4.88. The Hall–Kier alpha value is -1.71. The second-order valence-corrected chi connectivity index (χ2v) is 7.27. The van der Waals surface area contributed by atoms with Crippen LogP contribution in [0.3, 0.4) is 0 Å². The minimum absolute atomic E-state index is 0.00439. The van der Waals surface area contributed by atoms with Gasteiger partial charge in [0.2, 0.25) is 10.0 Å². The van der Waals surface area contributed by atoms with Crippen molar-refractivity contribution in [2.45, 2.75) is 0 Å². The number of nitrogens with zero attached hydrogens (tertiary/aromatic N) is 3. The van der Waals surface area contributed by atoms with Crippen molar-refractivity contribution in [3.63, 3.8) is 0 Å². The van der Waals surface area contributed by atoms with E-state index >= 15 is 0 Å². The van der Waals surface area contributed by atoms with Crippen molar-refractivity contribution in [3.8, 4) is 0 Å². The van der Waals surface area contributed by atoms with Gasteiger partial charge in [0, 0.05) is 38.3 Å². The van der Waals surface area contributed by atoms with Gasteiger partial charge in [-0.05, 0) is 6.07 Å². The molecule has 0 radical (unpaired) electrons. The number of nitro groups is 1. The van der Waals surface area contributed by atoms with Crippen molar-refractivity contribution < 1.29 is 18.1 Å². The number of hydrogen-bond acceptors (Lipinski definition) is 5. The summed E-state index contributed by atoms with van der Waals surface area (Å²) in [5.41, 5.74) is -0.0245. The number of hydrogen-bond donors (Lipinski definition) is 0. The fourth-order valence-corrected chi connectivity index (χ4v) is 3.27. The Morgan fingerprint density at radius 1 is 1.27 bits per heavy atom. The number of sulfonamides is 1. The number of halogens is 1.